The van der Waals surface area contributed by atoms with Crippen molar-refractivity contribution in [2.24, 2.45) is 0 Å². The highest BCUT2D eigenvalue weighted by atomic mass is 16.5. The molecule has 0 saturated carbocycles. The zero-order valence-electron chi connectivity index (χ0n) is 23.9. The molecule has 0 aliphatic rings. The fourth-order valence-electron chi connectivity index (χ4n) is 4.79. The summed E-state index contributed by atoms with van der Waals surface area (Å²) in [6.07, 6.45) is 7.23. The molecule has 3 aromatic carbocycles. The van der Waals surface area contributed by atoms with Gasteiger partial charge in [0.2, 0.25) is 0 Å². The molecule has 0 fully saturated rings. The van der Waals surface area contributed by atoms with Crippen LogP contribution in [0.4, 0.5) is 17.1 Å². The first-order chi connectivity index (χ1) is 22.2. The molecule has 3 aromatic heterocycles. The van der Waals surface area contributed by atoms with Gasteiger partial charge in [0.15, 0.2) is 0 Å². The average molecular weight is 591 g/mol. The molecule has 6 aromatic rings. The highest BCUT2D eigenvalue weighted by molar-refractivity contribution is 5.78. The van der Waals surface area contributed by atoms with Crippen molar-refractivity contribution in [2.45, 2.75) is 0 Å². The number of nitrogens with zero attached hydrogens (tertiary/aromatic N) is 4. The molecule has 0 spiro atoms. The first-order valence-electron chi connectivity index (χ1n) is 14.0. The molecule has 6 rings (SSSR count). The Hall–Kier alpha value is -6.41. The zero-order valence-corrected chi connectivity index (χ0v) is 23.9. The number of ether oxygens (including phenoxy) is 2. The van der Waals surface area contributed by atoms with Crippen LogP contribution >= 0.6 is 0 Å². The summed E-state index contributed by atoms with van der Waals surface area (Å²) in [4.78, 5) is 37.7. The molecule has 0 saturated heterocycles. The van der Waals surface area contributed by atoms with Crippen LogP contribution in [0.5, 0.6) is 11.5 Å². The van der Waals surface area contributed by atoms with Crippen molar-refractivity contribution >= 4 is 42.2 Å². The maximum absolute atomic E-state index is 11.1. The number of benzene rings is 3. The number of carbonyl (C=O) groups excluding carboxylic acids is 2. The number of pyridine rings is 3. The first kappa shape index (κ1) is 28.7. The van der Waals surface area contributed by atoms with Crippen LogP contribution < -0.4 is 14.4 Å². The summed E-state index contributed by atoms with van der Waals surface area (Å²) in [5, 5.41) is 0. The Morgan fingerprint density at radius 2 is 1.00 bits per heavy atom. The second-order valence-corrected chi connectivity index (χ2v) is 9.78. The third-order valence-corrected chi connectivity index (χ3v) is 6.86. The van der Waals surface area contributed by atoms with Crippen LogP contribution in [-0.2, 0) is 9.59 Å². The van der Waals surface area contributed by atoms with Gasteiger partial charge in [-0.1, -0.05) is 60.7 Å². The Balaban J connectivity index is 1.26. The van der Waals surface area contributed by atoms with Crippen molar-refractivity contribution in [1.29, 1.82) is 0 Å². The monoisotopic (exact) mass is 590 g/mol. The fraction of sp³-hybridized carbons (Fsp3) is 0. The topological polar surface area (TPSA) is 94.5 Å². The lowest BCUT2D eigenvalue weighted by molar-refractivity contribution is -0.121. The van der Waals surface area contributed by atoms with Gasteiger partial charge in [-0.2, -0.15) is 0 Å². The van der Waals surface area contributed by atoms with Gasteiger partial charge in [0.1, 0.15) is 11.5 Å². The maximum atomic E-state index is 11.1. The molecule has 0 aliphatic heterocycles. The van der Waals surface area contributed by atoms with E-state index >= 15 is 0 Å². The van der Waals surface area contributed by atoms with Crippen LogP contribution in [0.3, 0.4) is 0 Å². The highest BCUT2D eigenvalue weighted by Crippen LogP contribution is 2.34. The minimum absolute atomic E-state index is 0.274. The smallest absolute Gasteiger partial charge is 0.298 e. The van der Waals surface area contributed by atoms with E-state index in [1.807, 2.05) is 60.7 Å². The number of rotatable bonds is 11. The number of anilines is 3. The number of hydrogen-bond acceptors (Lipinski definition) is 8. The SMILES string of the molecule is O=COc1ccnc(-c2cc(OC=O)cc(-c3cc(/C=C/c4ccc(N(c5ccccc5)c5ccccc5)cc4)ccn3)n2)c1. The van der Waals surface area contributed by atoms with E-state index in [2.05, 4.69) is 63.4 Å². The van der Waals surface area contributed by atoms with Crippen LogP contribution in [0, 0.1) is 0 Å². The number of aromatic nitrogens is 3. The van der Waals surface area contributed by atoms with Gasteiger partial charge >= 0.3 is 0 Å². The average Bonchev–Trinajstić information content (AvgIpc) is 3.09. The van der Waals surface area contributed by atoms with Crippen molar-refractivity contribution in [2.75, 3.05) is 4.90 Å². The van der Waals surface area contributed by atoms with E-state index in [4.69, 9.17) is 14.5 Å². The van der Waals surface area contributed by atoms with Gasteiger partial charge in [0.05, 0.1) is 22.8 Å². The lowest BCUT2D eigenvalue weighted by Gasteiger charge is -2.25. The summed E-state index contributed by atoms with van der Waals surface area (Å²) in [5.74, 6) is 0.586. The van der Waals surface area contributed by atoms with E-state index in [1.165, 1.54) is 6.20 Å². The molecular formula is C37H26N4O4. The Kier molecular flexibility index (Phi) is 8.74. The van der Waals surface area contributed by atoms with Crippen LogP contribution in [-0.4, -0.2) is 27.9 Å². The van der Waals surface area contributed by atoms with Gasteiger partial charge < -0.3 is 14.4 Å². The predicted molar refractivity (Wildman–Crippen MR) is 174 cm³/mol. The van der Waals surface area contributed by atoms with Crippen molar-refractivity contribution in [1.82, 2.24) is 15.0 Å². The second kappa shape index (κ2) is 13.7. The van der Waals surface area contributed by atoms with Gasteiger partial charge in [0.25, 0.3) is 12.9 Å². The van der Waals surface area contributed by atoms with Gasteiger partial charge in [-0.15, -0.1) is 0 Å². The van der Waals surface area contributed by atoms with E-state index in [0.717, 1.165) is 28.2 Å². The molecule has 0 aliphatic carbocycles. The minimum atomic E-state index is 0.274. The van der Waals surface area contributed by atoms with Crippen molar-refractivity contribution in [3.8, 4) is 34.3 Å². The lowest BCUT2D eigenvalue weighted by atomic mass is 10.1. The standard InChI is InChI=1S/C37H26N4O4/c42-25-44-32-18-20-39-35(22-32)37-24-33(45-26-43)23-36(40-37)34-21-28(17-19-38-34)12-11-27-13-15-31(16-14-27)41(29-7-3-1-4-8-29)30-9-5-2-6-10-30/h1-26H/b12-11+. The molecule has 0 N–H and O–H groups in total. The van der Waals surface area contributed by atoms with Crippen LogP contribution in [0.15, 0.2) is 134 Å². The molecule has 0 radical (unpaired) electrons. The predicted octanol–water partition coefficient (Wildman–Crippen LogP) is 7.92. The molecule has 45 heavy (non-hydrogen) atoms. The van der Waals surface area contributed by atoms with Crippen molar-refractivity contribution in [3.63, 3.8) is 0 Å². The molecule has 0 atom stereocenters. The van der Waals surface area contributed by atoms with E-state index in [9.17, 15) is 9.59 Å². The van der Waals surface area contributed by atoms with Gasteiger partial charge in [-0.3, -0.25) is 19.6 Å². The molecule has 0 amide bonds. The molecule has 8 heteroatoms. The Labute approximate surface area is 259 Å². The lowest BCUT2D eigenvalue weighted by Crippen LogP contribution is -2.09. The van der Waals surface area contributed by atoms with E-state index in [1.54, 1.807) is 30.5 Å². The summed E-state index contributed by atoms with van der Waals surface area (Å²) in [6.45, 7) is 0.685. The van der Waals surface area contributed by atoms with Gasteiger partial charge in [0, 0.05) is 47.7 Å². The third kappa shape index (κ3) is 6.98. The van der Waals surface area contributed by atoms with Gasteiger partial charge in [-0.05, 0) is 65.7 Å². The van der Waals surface area contributed by atoms with Gasteiger partial charge in [-0.25, -0.2) is 4.98 Å². The second-order valence-electron chi connectivity index (χ2n) is 9.78. The summed E-state index contributed by atoms with van der Waals surface area (Å²) in [7, 11) is 0. The quantitative estimate of drug-likeness (QED) is 0.141. The van der Waals surface area contributed by atoms with Crippen LogP contribution in [0.1, 0.15) is 11.1 Å². The summed E-state index contributed by atoms with van der Waals surface area (Å²) < 4.78 is 10.1. The minimum Gasteiger partial charge on any atom is -0.429 e. The number of para-hydroxylation sites is 2. The fourth-order valence-corrected chi connectivity index (χ4v) is 4.79. The molecule has 0 unspecified atom stereocenters. The van der Waals surface area contributed by atoms with Crippen molar-refractivity contribution in [3.05, 3.63) is 145 Å². The van der Waals surface area contributed by atoms with E-state index in [0.29, 0.717) is 41.5 Å². The maximum Gasteiger partial charge on any atom is 0.298 e. The normalized spacial score (nSPS) is 10.8. The van der Waals surface area contributed by atoms with Crippen molar-refractivity contribution < 1.29 is 19.1 Å². The molecule has 3 heterocycles. The van der Waals surface area contributed by atoms with E-state index in [-0.39, 0.29) is 5.75 Å². The summed E-state index contributed by atoms with van der Waals surface area (Å²) in [6, 6.07) is 39.0. The third-order valence-electron chi connectivity index (χ3n) is 6.86. The first-order valence-corrected chi connectivity index (χ1v) is 14.0. The van der Waals surface area contributed by atoms with Crippen LogP contribution in [0.25, 0.3) is 34.9 Å². The molecular weight excluding hydrogens is 564 g/mol. The number of carbonyl (C=O) groups is 2. The van der Waals surface area contributed by atoms with Crippen LogP contribution in [0.2, 0.25) is 0 Å². The molecule has 8 nitrogen and oxygen atoms in total. The Bertz CT molecular complexity index is 1910. The highest BCUT2D eigenvalue weighted by Gasteiger charge is 2.13. The zero-order chi connectivity index (χ0) is 30.8. The summed E-state index contributed by atoms with van der Waals surface area (Å²) in [5.41, 5.74) is 7.05. The summed E-state index contributed by atoms with van der Waals surface area (Å²) >= 11 is 0. The Morgan fingerprint density at radius 1 is 0.489 bits per heavy atom. The Morgan fingerprint density at radius 3 is 1.62 bits per heavy atom. The van der Waals surface area contributed by atoms with E-state index < -0.39 is 0 Å². The molecule has 218 valence electrons. The number of hydrogen-bond donors (Lipinski definition) is 0. The molecule has 0 bridgehead atoms. The largest absolute Gasteiger partial charge is 0.429 e.